The zero-order chi connectivity index (χ0) is 10.8. The van der Waals surface area contributed by atoms with Crippen LogP contribution >= 0.6 is 0 Å². The zero-order valence-corrected chi connectivity index (χ0v) is 8.19. The number of carbonyl (C=O) groups is 2. The molecule has 1 aliphatic rings. The number of aryl methyl sites for hydroxylation is 1. The van der Waals surface area contributed by atoms with Gasteiger partial charge in [-0.05, 0) is 23.6 Å². The lowest BCUT2D eigenvalue weighted by atomic mass is 10.1. The molecular formula is C12H11NO2. The first-order valence-electron chi connectivity index (χ1n) is 4.80. The fraction of sp³-hybridized carbons (Fsp3) is 0.167. The molecule has 0 aromatic heterocycles. The Kier molecular flexibility index (Phi) is 2.37. The van der Waals surface area contributed by atoms with Crippen molar-refractivity contribution in [2.24, 2.45) is 5.73 Å². The van der Waals surface area contributed by atoms with Crippen molar-refractivity contribution in [1.82, 2.24) is 0 Å². The van der Waals surface area contributed by atoms with Gasteiger partial charge in [-0.1, -0.05) is 18.2 Å². The predicted octanol–water partition coefficient (Wildman–Crippen LogP) is 1.31. The Morgan fingerprint density at radius 2 is 2.13 bits per heavy atom. The third-order valence-electron chi connectivity index (χ3n) is 2.49. The largest absolute Gasteiger partial charge is 0.366 e. The lowest BCUT2D eigenvalue weighted by Gasteiger charge is -1.98. The Labute approximate surface area is 87.6 Å². The highest BCUT2D eigenvalue weighted by Crippen LogP contribution is 2.23. The summed E-state index contributed by atoms with van der Waals surface area (Å²) < 4.78 is 0. The molecule has 15 heavy (non-hydrogen) atoms. The number of carbonyl (C=O) groups excluding carboxylic acids is 2. The molecule has 1 aliphatic carbocycles. The Hall–Kier alpha value is -1.90. The molecule has 76 valence electrons. The molecule has 0 saturated heterocycles. The van der Waals surface area contributed by atoms with Crippen LogP contribution in [0.25, 0.3) is 6.08 Å². The first kappa shape index (κ1) is 9.65. The lowest BCUT2D eigenvalue weighted by molar-refractivity contribution is -0.113. The van der Waals surface area contributed by atoms with Gasteiger partial charge in [0.05, 0.1) is 0 Å². The summed E-state index contributed by atoms with van der Waals surface area (Å²) in [7, 11) is 0. The molecule has 1 aromatic carbocycles. The highest BCUT2D eigenvalue weighted by Gasteiger charge is 2.18. The number of hydrogen-bond acceptors (Lipinski definition) is 2. The minimum Gasteiger partial charge on any atom is -0.366 e. The van der Waals surface area contributed by atoms with Gasteiger partial charge < -0.3 is 5.73 Å². The second kappa shape index (κ2) is 3.69. The highest BCUT2D eigenvalue weighted by molar-refractivity contribution is 6.00. The van der Waals surface area contributed by atoms with Crippen LogP contribution in [0.4, 0.5) is 0 Å². The van der Waals surface area contributed by atoms with E-state index in [1.54, 1.807) is 6.08 Å². The van der Waals surface area contributed by atoms with E-state index < -0.39 is 5.91 Å². The van der Waals surface area contributed by atoms with Crippen LogP contribution in [0.5, 0.6) is 0 Å². The van der Waals surface area contributed by atoms with Crippen LogP contribution in [0.3, 0.4) is 0 Å². The van der Waals surface area contributed by atoms with Crippen LogP contribution in [0.15, 0.2) is 24.3 Å². The quantitative estimate of drug-likeness (QED) is 0.733. The van der Waals surface area contributed by atoms with Crippen molar-refractivity contribution in [3.05, 3.63) is 41.0 Å². The molecule has 0 radical (unpaired) electrons. The third-order valence-corrected chi connectivity index (χ3v) is 2.49. The van der Waals surface area contributed by atoms with Crippen molar-refractivity contribution in [3.63, 3.8) is 0 Å². The molecular weight excluding hydrogens is 190 g/mol. The molecule has 0 heterocycles. The summed E-state index contributed by atoms with van der Waals surface area (Å²) >= 11 is 0. The van der Waals surface area contributed by atoms with Crippen LogP contribution in [0.2, 0.25) is 0 Å². The standard InChI is InChI=1S/C12H11NO2/c13-12(15)6-2-8-1-4-10-9(7-8)3-5-11(10)14/h1-2,4,6-7H,3,5H2,(H2,13,15). The van der Waals surface area contributed by atoms with Crippen LogP contribution in [-0.2, 0) is 11.2 Å². The minimum atomic E-state index is -0.466. The summed E-state index contributed by atoms with van der Waals surface area (Å²) in [5, 5.41) is 0. The van der Waals surface area contributed by atoms with E-state index >= 15 is 0 Å². The fourth-order valence-electron chi connectivity index (χ4n) is 1.76. The normalized spacial score (nSPS) is 14.5. The van der Waals surface area contributed by atoms with Gasteiger partial charge >= 0.3 is 0 Å². The van der Waals surface area contributed by atoms with Crippen molar-refractivity contribution < 1.29 is 9.59 Å². The van der Waals surface area contributed by atoms with Gasteiger partial charge in [-0.15, -0.1) is 0 Å². The van der Waals surface area contributed by atoms with Crippen molar-refractivity contribution in [2.75, 3.05) is 0 Å². The number of amides is 1. The van der Waals surface area contributed by atoms with E-state index in [0.29, 0.717) is 6.42 Å². The number of rotatable bonds is 2. The maximum Gasteiger partial charge on any atom is 0.241 e. The molecule has 0 unspecified atom stereocenters. The Morgan fingerprint density at radius 1 is 1.33 bits per heavy atom. The maximum atomic E-state index is 11.4. The summed E-state index contributed by atoms with van der Waals surface area (Å²) in [5.41, 5.74) is 7.77. The van der Waals surface area contributed by atoms with Crippen molar-refractivity contribution >= 4 is 17.8 Å². The first-order valence-corrected chi connectivity index (χ1v) is 4.80. The number of fused-ring (bicyclic) bond motifs is 1. The van der Waals surface area contributed by atoms with Crippen LogP contribution < -0.4 is 5.73 Å². The van der Waals surface area contributed by atoms with E-state index in [1.165, 1.54) is 6.08 Å². The molecule has 0 fully saturated rings. The molecule has 0 aliphatic heterocycles. The van der Waals surface area contributed by atoms with E-state index in [9.17, 15) is 9.59 Å². The van der Waals surface area contributed by atoms with Gasteiger partial charge in [0.15, 0.2) is 5.78 Å². The fourth-order valence-corrected chi connectivity index (χ4v) is 1.76. The van der Waals surface area contributed by atoms with Gasteiger partial charge in [0.2, 0.25) is 5.91 Å². The van der Waals surface area contributed by atoms with Gasteiger partial charge in [0.25, 0.3) is 0 Å². The molecule has 0 atom stereocenters. The van der Waals surface area contributed by atoms with Crippen molar-refractivity contribution in [2.45, 2.75) is 12.8 Å². The van der Waals surface area contributed by atoms with Crippen molar-refractivity contribution in [3.8, 4) is 0 Å². The monoisotopic (exact) mass is 201 g/mol. The topological polar surface area (TPSA) is 60.2 Å². The van der Waals surface area contributed by atoms with Crippen LogP contribution in [0.1, 0.15) is 27.9 Å². The average molecular weight is 201 g/mol. The zero-order valence-electron chi connectivity index (χ0n) is 8.19. The number of benzene rings is 1. The molecule has 3 nitrogen and oxygen atoms in total. The number of ketones is 1. The lowest BCUT2D eigenvalue weighted by Crippen LogP contribution is -2.05. The maximum absolute atomic E-state index is 11.4. The van der Waals surface area contributed by atoms with Gasteiger partial charge in [0.1, 0.15) is 0 Å². The average Bonchev–Trinajstić information content (AvgIpc) is 2.57. The van der Waals surface area contributed by atoms with Gasteiger partial charge in [-0.3, -0.25) is 9.59 Å². The number of primary amides is 1. The molecule has 3 heteroatoms. The second-order valence-electron chi connectivity index (χ2n) is 3.58. The smallest absolute Gasteiger partial charge is 0.241 e. The summed E-state index contributed by atoms with van der Waals surface area (Å²) in [6, 6.07) is 5.56. The van der Waals surface area contributed by atoms with Crippen molar-refractivity contribution in [1.29, 1.82) is 0 Å². The third kappa shape index (κ3) is 1.96. The molecule has 1 amide bonds. The summed E-state index contributed by atoms with van der Waals surface area (Å²) in [6.45, 7) is 0. The molecule has 0 saturated carbocycles. The number of nitrogens with two attached hydrogens (primary N) is 1. The van der Waals surface area contributed by atoms with Gasteiger partial charge in [0, 0.05) is 18.1 Å². The van der Waals surface area contributed by atoms with Gasteiger partial charge in [-0.2, -0.15) is 0 Å². The SMILES string of the molecule is NC(=O)C=Cc1ccc2c(c1)CCC2=O. The number of hydrogen-bond donors (Lipinski definition) is 1. The summed E-state index contributed by atoms with van der Waals surface area (Å²) in [6.07, 6.45) is 4.37. The first-order chi connectivity index (χ1) is 7.16. The van der Waals surface area contributed by atoms with Gasteiger partial charge in [-0.25, -0.2) is 0 Å². The Bertz CT molecular complexity index is 461. The molecule has 0 bridgehead atoms. The minimum absolute atomic E-state index is 0.204. The van der Waals surface area contributed by atoms with E-state index in [-0.39, 0.29) is 5.78 Å². The van der Waals surface area contributed by atoms with Crippen LogP contribution in [-0.4, -0.2) is 11.7 Å². The molecule has 2 N–H and O–H groups in total. The Balaban J connectivity index is 2.31. The molecule has 0 spiro atoms. The molecule has 1 aromatic rings. The second-order valence-corrected chi connectivity index (χ2v) is 3.58. The van der Waals surface area contributed by atoms with E-state index in [2.05, 4.69) is 0 Å². The number of Topliss-reactive ketones (excluding diaryl/α,β-unsaturated/α-hetero) is 1. The van der Waals surface area contributed by atoms with E-state index in [0.717, 1.165) is 23.1 Å². The summed E-state index contributed by atoms with van der Waals surface area (Å²) in [5.74, 6) is -0.262. The predicted molar refractivity (Wildman–Crippen MR) is 57.3 cm³/mol. The molecule has 2 rings (SSSR count). The van der Waals surface area contributed by atoms with Crippen LogP contribution in [0, 0.1) is 0 Å². The van der Waals surface area contributed by atoms with E-state index in [1.807, 2.05) is 18.2 Å². The Morgan fingerprint density at radius 3 is 2.87 bits per heavy atom. The summed E-state index contributed by atoms with van der Waals surface area (Å²) in [4.78, 5) is 21.9. The highest BCUT2D eigenvalue weighted by atomic mass is 16.1. The van der Waals surface area contributed by atoms with E-state index in [4.69, 9.17) is 5.73 Å².